The maximum Gasteiger partial charge on any atom is 0.139 e. The Bertz CT molecular complexity index is 691. The molecule has 0 aliphatic heterocycles. The molecule has 0 fully saturated rings. The third kappa shape index (κ3) is 2.89. The predicted octanol–water partition coefficient (Wildman–Crippen LogP) is 3.31. The smallest absolute Gasteiger partial charge is 0.139 e. The first-order chi connectivity index (χ1) is 9.55. The summed E-state index contributed by atoms with van der Waals surface area (Å²) in [6.07, 6.45) is 0.699. The first-order valence-electron chi connectivity index (χ1n) is 6.14. The van der Waals surface area contributed by atoms with Crippen LogP contribution in [-0.4, -0.2) is 9.97 Å². The maximum atomic E-state index is 9.18. The number of nitrogens with one attached hydrogen (secondary N) is 1. The Morgan fingerprint density at radius 2 is 2.15 bits per heavy atom. The van der Waals surface area contributed by atoms with Gasteiger partial charge in [-0.25, -0.2) is 9.97 Å². The van der Waals surface area contributed by atoms with Crippen LogP contribution in [0, 0.1) is 18.3 Å². The van der Waals surface area contributed by atoms with E-state index in [0.29, 0.717) is 35.1 Å². The van der Waals surface area contributed by atoms with Gasteiger partial charge in [0.25, 0.3) is 0 Å². The average Bonchev–Trinajstić information content (AvgIpc) is 2.45. The summed E-state index contributed by atoms with van der Waals surface area (Å²) >= 11 is 3.35. The van der Waals surface area contributed by atoms with Gasteiger partial charge in [0.2, 0.25) is 0 Å². The summed E-state index contributed by atoms with van der Waals surface area (Å²) < 4.78 is 0.854. The van der Waals surface area contributed by atoms with Crippen molar-refractivity contribution in [3.8, 4) is 6.07 Å². The lowest BCUT2D eigenvalue weighted by atomic mass is 10.2. The summed E-state index contributed by atoms with van der Waals surface area (Å²) in [5, 5.41) is 12.3. The van der Waals surface area contributed by atoms with Gasteiger partial charge in [0.05, 0.1) is 11.3 Å². The fraction of sp³-hybridized carbons (Fsp3) is 0.214. The summed E-state index contributed by atoms with van der Waals surface area (Å²) in [5.74, 6) is 1.76. The Balaban J connectivity index is 2.45. The van der Waals surface area contributed by atoms with Gasteiger partial charge < -0.3 is 11.1 Å². The molecule has 0 atom stereocenters. The second-order valence-corrected chi connectivity index (χ2v) is 5.19. The van der Waals surface area contributed by atoms with Crippen molar-refractivity contribution in [3.05, 3.63) is 39.6 Å². The Morgan fingerprint density at radius 1 is 1.40 bits per heavy atom. The van der Waals surface area contributed by atoms with Crippen molar-refractivity contribution in [1.82, 2.24) is 9.97 Å². The number of nitrogens with two attached hydrogens (primary N) is 1. The topological polar surface area (TPSA) is 87.6 Å². The van der Waals surface area contributed by atoms with Crippen molar-refractivity contribution in [2.75, 3.05) is 11.1 Å². The highest BCUT2D eigenvalue weighted by Crippen LogP contribution is 2.26. The highest BCUT2D eigenvalue weighted by molar-refractivity contribution is 9.10. The molecule has 0 bridgehead atoms. The molecule has 6 heteroatoms. The Labute approximate surface area is 126 Å². The van der Waals surface area contributed by atoms with Crippen LogP contribution in [0.15, 0.2) is 22.7 Å². The highest BCUT2D eigenvalue weighted by atomic mass is 79.9. The lowest BCUT2D eigenvalue weighted by molar-refractivity contribution is 0.940. The Kier molecular flexibility index (Phi) is 4.20. The number of nitriles is 1. The minimum atomic E-state index is 0.454. The molecular weight excluding hydrogens is 318 g/mol. The van der Waals surface area contributed by atoms with Crippen LogP contribution in [-0.2, 0) is 6.42 Å². The molecule has 0 unspecified atom stereocenters. The number of benzene rings is 1. The van der Waals surface area contributed by atoms with Crippen LogP contribution in [0.1, 0.15) is 23.9 Å². The van der Waals surface area contributed by atoms with Crippen molar-refractivity contribution in [3.63, 3.8) is 0 Å². The van der Waals surface area contributed by atoms with Gasteiger partial charge in [-0.15, -0.1) is 0 Å². The molecule has 0 saturated carbocycles. The fourth-order valence-corrected chi connectivity index (χ4v) is 2.07. The molecule has 0 aliphatic rings. The molecule has 1 aromatic carbocycles. The number of aromatic nitrogens is 2. The molecule has 0 aliphatic carbocycles. The first-order valence-corrected chi connectivity index (χ1v) is 6.94. The third-order valence-electron chi connectivity index (χ3n) is 2.90. The van der Waals surface area contributed by atoms with Crippen molar-refractivity contribution >= 4 is 33.3 Å². The van der Waals surface area contributed by atoms with Crippen molar-refractivity contribution in [2.24, 2.45) is 0 Å². The van der Waals surface area contributed by atoms with Crippen LogP contribution >= 0.6 is 15.9 Å². The minimum Gasteiger partial charge on any atom is -0.383 e. The monoisotopic (exact) mass is 331 g/mol. The second kappa shape index (κ2) is 5.88. The van der Waals surface area contributed by atoms with Gasteiger partial charge in [-0.3, -0.25) is 0 Å². The summed E-state index contributed by atoms with van der Waals surface area (Å²) in [5.41, 5.74) is 7.88. The molecule has 20 heavy (non-hydrogen) atoms. The standard InChI is InChI=1S/C14H14BrN5/c1-3-12-19-13(17)8(2)14(20-12)18-11-5-4-10(15)6-9(11)7-16/h4-6H,3H2,1-2H3,(H3,17,18,19,20). The lowest BCUT2D eigenvalue weighted by Crippen LogP contribution is -2.07. The van der Waals surface area contributed by atoms with Crippen LogP contribution < -0.4 is 11.1 Å². The van der Waals surface area contributed by atoms with Gasteiger partial charge in [-0.2, -0.15) is 5.26 Å². The van der Waals surface area contributed by atoms with Gasteiger partial charge in [0.1, 0.15) is 23.5 Å². The number of nitrogens with zero attached hydrogens (tertiary/aromatic N) is 3. The van der Waals surface area contributed by atoms with E-state index >= 15 is 0 Å². The molecular formula is C14H14BrN5. The van der Waals surface area contributed by atoms with E-state index in [1.807, 2.05) is 26.0 Å². The maximum absolute atomic E-state index is 9.18. The molecule has 5 nitrogen and oxygen atoms in total. The molecule has 102 valence electrons. The van der Waals surface area contributed by atoms with Gasteiger partial charge in [-0.05, 0) is 25.1 Å². The fourth-order valence-electron chi connectivity index (χ4n) is 1.71. The molecule has 3 N–H and O–H groups in total. The summed E-state index contributed by atoms with van der Waals surface area (Å²) in [4.78, 5) is 8.63. The van der Waals surface area contributed by atoms with E-state index in [-0.39, 0.29) is 0 Å². The molecule has 0 radical (unpaired) electrons. The number of aryl methyl sites for hydroxylation is 1. The van der Waals surface area contributed by atoms with Crippen LogP contribution in [0.25, 0.3) is 0 Å². The minimum absolute atomic E-state index is 0.454. The highest BCUT2D eigenvalue weighted by Gasteiger charge is 2.10. The zero-order valence-corrected chi connectivity index (χ0v) is 12.8. The molecule has 0 spiro atoms. The zero-order valence-electron chi connectivity index (χ0n) is 11.2. The van der Waals surface area contributed by atoms with E-state index in [4.69, 9.17) is 5.73 Å². The van der Waals surface area contributed by atoms with E-state index in [1.54, 1.807) is 6.07 Å². The number of hydrogen-bond donors (Lipinski definition) is 2. The van der Waals surface area contributed by atoms with E-state index in [1.165, 1.54) is 0 Å². The lowest BCUT2D eigenvalue weighted by Gasteiger charge is -2.12. The average molecular weight is 332 g/mol. The molecule has 1 aromatic heterocycles. The number of hydrogen-bond acceptors (Lipinski definition) is 5. The number of halogens is 1. The van der Waals surface area contributed by atoms with E-state index in [0.717, 1.165) is 10.0 Å². The van der Waals surface area contributed by atoms with Crippen LogP contribution in [0.3, 0.4) is 0 Å². The quantitative estimate of drug-likeness (QED) is 0.900. The van der Waals surface area contributed by atoms with Gasteiger partial charge >= 0.3 is 0 Å². The van der Waals surface area contributed by atoms with Gasteiger partial charge in [-0.1, -0.05) is 22.9 Å². The van der Waals surface area contributed by atoms with Gasteiger partial charge in [0.15, 0.2) is 0 Å². The van der Waals surface area contributed by atoms with Crippen LogP contribution in [0.2, 0.25) is 0 Å². The number of rotatable bonds is 3. The molecule has 0 saturated heterocycles. The van der Waals surface area contributed by atoms with E-state index < -0.39 is 0 Å². The van der Waals surface area contributed by atoms with Crippen molar-refractivity contribution in [1.29, 1.82) is 5.26 Å². The summed E-state index contributed by atoms with van der Waals surface area (Å²) in [6, 6.07) is 7.60. The van der Waals surface area contributed by atoms with E-state index in [2.05, 4.69) is 37.3 Å². The largest absolute Gasteiger partial charge is 0.383 e. The van der Waals surface area contributed by atoms with Crippen molar-refractivity contribution in [2.45, 2.75) is 20.3 Å². The van der Waals surface area contributed by atoms with Crippen LogP contribution in [0.4, 0.5) is 17.3 Å². The summed E-state index contributed by atoms with van der Waals surface area (Å²) in [6.45, 7) is 3.82. The molecule has 1 heterocycles. The van der Waals surface area contributed by atoms with Crippen LogP contribution in [0.5, 0.6) is 0 Å². The number of nitrogen functional groups attached to an aromatic ring is 1. The van der Waals surface area contributed by atoms with Gasteiger partial charge in [0, 0.05) is 16.5 Å². The molecule has 0 amide bonds. The Hall–Kier alpha value is -2.13. The second-order valence-electron chi connectivity index (χ2n) is 4.28. The SMILES string of the molecule is CCc1nc(N)c(C)c(Nc2ccc(Br)cc2C#N)n1. The predicted molar refractivity (Wildman–Crippen MR) is 82.7 cm³/mol. The van der Waals surface area contributed by atoms with E-state index in [9.17, 15) is 5.26 Å². The Morgan fingerprint density at radius 3 is 2.80 bits per heavy atom. The molecule has 2 aromatic rings. The third-order valence-corrected chi connectivity index (χ3v) is 3.39. The summed E-state index contributed by atoms with van der Waals surface area (Å²) in [7, 11) is 0. The number of anilines is 3. The normalized spacial score (nSPS) is 10.1. The first kappa shape index (κ1) is 14.3. The van der Waals surface area contributed by atoms with Crippen molar-refractivity contribution < 1.29 is 0 Å². The molecule has 2 rings (SSSR count). The zero-order chi connectivity index (χ0) is 14.7.